The van der Waals surface area contributed by atoms with Crippen LogP contribution in [-0.2, 0) is 39.4 Å². The van der Waals surface area contributed by atoms with Crippen LogP contribution in [0, 0.1) is 0 Å². The number of aliphatic carboxylic acids is 1. The normalized spacial score (nSPS) is 19.5. The highest BCUT2D eigenvalue weighted by molar-refractivity contribution is 8.00. The Labute approximate surface area is 225 Å². The van der Waals surface area contributed by atoms with E-state index in [4.69, 9.17) is 13.9 Å². The van der Waals surface area contributed by atoms with E-state index in [9.17, 15) is 24.1 Å². The van der Waals surface area contributed by atoms with Gasteiger partial charge in [-0.15, -0.1) is 23.1 Å². The average molecular weight is 583 g/mol. The first-order valence-electron chi connectivity index (χ1n) is 10.9. The van der Waals surface area contributed by atoms with Gasteiger partial charge in [0.05, 0.1) is 11.7 Å². The van der Waals surface area contributed by atoms with Gasteiger partial charge in [-0.2, -0.15) is 0 Å². The molecule has 38 heavy (non-hydrogen) atoms. The molecule has 4 rings (SSSR count). The lowest BCUT2D eigenvalue weighted by molar-refractivity contribution is -0.689. The van der Waals surface area contributed by atoms with E-state index in [1.807, 2.05) is 18.2 Å². The molecule has 17 heteroatoms. The summed E-state index contributed by atoms with van der Waals surface area (Å²) in [5.41, 5.74) is 0.162. The van der Waals surface area contributed by atoms with Gasteiger partial charge in [0.15, 0.2) is 29.8 Å². The first kappa shape index (κ1) is 27.7. The predicted octanol–water partition coefficient (Wildman–Crippen LogP) is -0.302. The highest BCUT2D eigenvalue weighted by Gasteiger charge is 2.53. The topological polar surface area (TPSA) is 175 Å². The molecule has 0 radical (unpaired) electrons. The summed E-state index contributed by atoms with van der Waals surface area (Å²) in [6.45, 7) is 0.272. The summed E-state index contributed by atoms with van der Waals surface area (Å²) >= 11 is 2.34. The molecule has 2 N–H and O–H groups in total. The van der Waals surface area contributed by atoms with Crippen molar-refractivity contribution >= 4 is 59.5 Å². The first-order valence-corrected chi connectivity index (χ1v) is 14.4. The number of carbonyl (C=O) groups is 3. The van der Waals surface area contributed by atoms with Gasteiger partial charge in [0.25, 0.3) is 11.8 Å². The largest absolute Gasteiger partial charge is 0.543 e. The summed E-state index contributed by atoms with van der Waals surface area (Å²) < 4.78 is 23.7. The van der Waals surface area contributed by atoms with Crippen molar-refractivity contribution < 1.29 is 42.5 Å². The number of oxime groups is 1. The van der Waals surface area contributed by atoms with Crippen molar-refractivity contribution in [2.45, 2.75) is 18.0 Å². The number of hydrogen-bond acceptors (Lipinski definition) is 12. The summed E-state index contributed by atoms with van der Waals surface area (Å²) in [6.07, 6.45) is 3.58. The zero-order valence-electron chi connectivity index (χ0n) is 20.4. The molecule has 1 unspecified atom stereocenters. The van der Waals surface area contributed by atoms with Crippen LogP contribution in [0.5, 0.6) is 0 Å². The lowest BCUT2D eigenvalue weighted by Crippen LogP contribution is -2.71. The summed E-state index contributed by atoms with van der Waals surface area (Å²) in [5, 5.41) is 21.8. The van der Waals surface area contributed by atoms with Crippen LogP contribution in [0.3, 0.4) is 0 Å². The smallest absolute Gasteiger partial charge is 0.433 e. The molecule has 1 saturated heterocycles. The van der Waals surface area contributed by atoms with Crippen molar-refractivity contribution in [1.29, 1.82) is 0 Å². The Bertz CT molecular complexity index is 1340. The number of anilines is 1. The van der Waals surface area contributed by atoms with Gasteiger partial charge in [-0.3, -0.25) is 28.6 Å². The van der Waals surface area contributed by atoms with Crippen LogP contribution in [0.25, 0.3) is 0 Å². The van der Waals surface area contributed by atoms with Crippen LogP contribution < -0.4 is 20.1 Å². The van der Waals surface area contributed by atoms with E-state index in [1.165, 1.54) is 38.5 Å². The summed E-state index contributed by atoms with van der Waals surface area (Å²) in [5.74, 6) is -2.50. The minimum Gasteiger partial charge on any atom is -0.543 e. The number of thioether (sulfide) groups is 1. The fourth-order valence-electron chi connectivity index (χ4n) is 3.78. The van der Waals surface area contributed by atoms with E-state index in [1.54, 1.807) is 17.0 Å². The van der Waals surface area contributed by atoms with Gasteiger partial charge in [-0.25, -0.2) is 14.1 Å². The maximum atomic E-state index is 13.1. The molecule has 1 fully saturated rings. The Hall–Kier alpha value is -3.30. The van der Waals surface area contributed by atoms with Crippen molar-refractivity contribution in [2.75, 3.05) is 32.2 Å². The fraction of sp³-hybridized carbons (Fsp3) is 0.333. The number of aromatic nitrogens is 2. The monoisotopic (exact) mass is 582 g/mol. The molecule has 2 aromatic rings. The number of carboxylic acid groups (broad SMARTS) is 1. The van der Waals surface area contributed by atoms with E-state index < -0.39 is 36.9 Å². The van der Waals surface area contributed by atoms with E-state index in [0.29, 0.717) is 11.3 Å². The summed E-state index contributed by atoms with van der Waals surface area (Å²) in [7, 11) is 0.00238. The Morgan fingerprint density at radius 1 is 1.26 bits per heavy atom. The number of rotatable bonds is 11. The lowest BCUT2D eigenvalue weighted by Gasteiger charge is -2.50. The van der Waals surface area contributed by atoms with Gasteiger partial charge in [-0.1, -0.05) is 11.2 Å². The second-order valence-corrected chi connectivity index (χ2v) is 11.7. The maximum Gasteiger partial charge on any atom is 0.433 e. The van der Waals surface area contributed by atoms with E-state index in [0.717, 1.165) is 16.2 Å². The van der Waals surface area contributed by atoms with E-state index >= 15 is 0 Å². The number of amides is 2. The third-order valence-corrected chi connectivity index (χ3v) is 9.23. The van der Waals surface area contributed by atoms with Gasteiger partial charge in [0, 0.05) is 43.1 Å². The lowest BCUT2D eigenvalue weighted by atomic mass is 10.0. The Morgan fingerprint density at radius 3 is 2.61 bits per heavy atom. The molecule has 2 amide bonds. The van der Waals surface area contributed by atoms with E-state index in [2.05, 4.69) is 20.5 Å². The zero-order valence-corrected chi connectivity index (χ0v) is 22.9. The summed E-state index contributed by atoms with van der Waals surface area (Å²) in [4.78, 5) is 48.2. The van der Waals surface area contributed by atoms with Gasteiger partial charge < -0.3 is 20.1 Å². The molecule has 14 nitrogen and oxygen atoms in total. The van der Waals surface area contributed by atoms with Crippen LogP contribution in [0.2, 0.25) is 0 Å². The molecule has 0 aliphatic carbocycles. The molecular weight excluding hydrogens is 559 g/mol. The second kappa shape index (κ2) is 11.6. The third kappa shape index (κ3) is 5.59. The Morgan fingerprint density at radius 2 is 1.97 bits per heavy atom. The number of pyridine rings is 1. The number of nitrogens with zero attached hydrogens (tertiary/aromatic N) is 4. The number of fused-ring (bicyclic) bond motifs is 1. The number of carbonyl (C=O) groups excluding carboxylic acids is 3. The standard InChI is InChI=1S/C21H23N6O8PS2/c1-33-24-14(13-11-38-21(22-13)25-36(32,34-2)35-3)17(28)23-15-18(29)27-16(20(30)31)12(10-37-19(15)27)9-26-7-5-4-6-8-26/h4-8,11,15,19H,9-10H2,1-3H3,(H2-,22,23,25,28,30,31,32)/b24-14+/t15?,19-/m1/s1. The van der Waals surface area contributed by atoms with Crippen molar-refractivity contribution in [3.05, 3.63) is 52.9 Å². The van der Waals surface area contributed by atoms with Gasteiger partial charge in [0.1, 0.15) is 24.2 Å². The second-order valence-electron chi connectivity index (χ2n) is 7.78. The summed E-state index contributed by atoms with van der Waals surface area (Å²) in [6, 6.07) is 4.46. The predicted molar refractivity (Wildman–Crippen MR) is 135 cm³/mol. The van der Waals surface area contributed by atoms with Crippen LogP contribution >= 0.6 is 30.8 Å². The average Bonchev–Trinajstić information content (AvgIpc) is 3.37. The minimum atomic E-state index is -3.63. The first-order chi connectivity index (χ1) is 18.2. The third-order valence-electron chi connectivity index (χ3n) is 5.54. The zero-order chi connectivity index (χ0) is 27.4. The quantitative estimate of drug-likeness (QED) is 0.117. The van der Waals surface area contributed by atoms with Crippen molar-refractivity contribution in [3.63, 3.8) is 0 Å². The number of β-lactam (4-membered cyclic amide) rings is 1. The van der Waals surface area contributed by atoms with E-state index in [-0.39, 0.29) is 28.8 Å². The Kier molecular flexibility index (Phi) is 8.47. The molecule has 0 bridgehead atoms. The molecule has 2 aliphatic heterocycles. The highest BCUT2D eigenvalue weighted by atomic mass is 32.2. The number of carboxylic acids is 1. The number of nitrogens with one attached hydrogen (secondary N) is 2. The van der Waals surface area contributed by atoms with Crippen molar-refractivity contribution in [1.82, 2.24) is 15.2 Å². The number of thiazole rings is 1. The van der Waals surface area contributed by atoms with Crippen LogP contribution in [0.4, 0.5) is 5.13 Å². The maximum absolute atomic E-state index is 13.1. The highest BCUT2D eigenvalue weighted by Crippen LogP contribution is 2.46. The molecule has 4 heterocycles. The van der Waals surface area contributed by atoms with Crippen molar-refractivity contribution in [2.24, 2.45) is 5.16 Å². The molecule has 0 aromatic carbocycles. The van der Waals surface area contributed by atoms with Gasteiger partial charge in [-0.05, 0) is 0 Å². The van der Waals surface area contributed by atoms with Crippen LogP contribution in [0.15, 0.2) is 52.4 Å². The molecule has 0 spiro atoms. The SMILES string of the molecule is CO/N=C(/C(=O)NC1C(=O)N2C(C(=O)[O-])=C(C[n+]3ccccc3)CS[C@H]12)c1csc(NP(=O)(OC)OC)n1. The van der Waals surface area contributed by atoms with Crippen LogP contribution in [-0.4, -0.2) is 71.9 Å². The molecule has 2 aliphatic rings. The molecular formula is C21H23N6O8PS2. The number of hydrogen-bond donors (Lipinski definition) is 2. The molecule has 0 saturated carbocycles. The molecule has 2 aromatic heterocycles. The van der Waals surface area contributed by atoms with Crippen LogP contribution in [0.1, 0.15) is 5.69 Å². The van der Waals surface area contributed by atoms with Gasteiger partial charge in [0.2, 0.25) is 0 Å². The fourth-order valence-corrected chi connectivity index (χ4v) is 6.81. The Balaban J connectivity index is 1.50. The minimum absolute atomic E-state index is 0.0769. The van der Waals surface area contributed by atoms with Gasteiger partial charge >= 0.3 is 7.75 Å². The molecule has 202 valence electrons. The molecule has 2 atom stereocenters. The van der Waals surface area contributed by atoms with Crippen molar-refractivity contribution in [3.8, 4) is 0 Å².